The number of ether oxygens (including phenoxy) is 2. The monoisotopic (exact) mass is 427 g/mol. The van der Waals surface area contributed by atoms with Crippen LogP contribution in [0.1, 0.15) is 26.7 Å². The number of oxazole rings is 1. The van der Waals surface area contributed by atoms with Gasteiger partial charge in [0, 0.05) is 11.1 Å². The number of aliphatic carboxylic acids is 1. The van der Waals surface area contributed by atoms with E-state index in [1.54, 1.807) is 12.3 Å². The van der Waals surface area contributed by atoms with E-state index >= 15 is 0 Å². The number of carbonyl (C=O) groups is 1. The van der Waals surface area contributed by atoms with Gasteiger partial charge in [-0.3, -0.25) is 4.79 Å². The van der Waals surface area contributed by atoms with Crippen molar-refractivity contribution in [2.45, 2.75) is 38.9 Å². The van der Waals surface area contributed by atoms with Crippen molar-refractivity contribution in [1.82, 2.24) is 4.98 Å². The Bertz CT molecular complexity index is 1040. The zero-order valence-electron chi connectivity index (χ0n) is 16.7. The average Bonchev–Trinajstić information content (AvgIpc) is 3.16. The second-order valence-corrected chi connectivity index (χ2v) is 8.03. The first-order chi connectivity index (χ1) is 14.4. The molecule has 2 aromatic carbocycles. The summed E-state index contributed by atoms with van der Waals surface area (Å²) in [5.74, 6) is 0.778. The van der Waals surface area contributed by atoms with Gasteiger partial charge in [0.05, 0.1) is 17.0 Å². The van der Waals surface area contributed by atoms with Crippen LogP contribution >= 0.6 is 11.6 Å². The van der Waals surface area contributed by atoms with E-state index in [9.17, 15) is 4.79 Å². The Morgan fingerprint density at radius 2 is 1.87 bits per heavy atom. The first-order valence-corrected chi connectivity index (χ1v) is 10.2. The smallest absolute Gasteiger partial charge is 0.306 e. The van der Waals surface area contributed by atoms with E-state index < -0.39 is 5.97 Å². The minimum Gasteiger partial charge on any atom is -0.490 e. The standard InChI is InChI=1S/C23H22ClNO5/c1-13(2)29-21-8-5-15(11-19(21)24)20-12-28-22(25-20)14-3-6-17(7-4-14)30-18-9-16(10-18)23(26)27/h3-8,11-13,16,18H,9-10H2,1-2H3,(H,26,27). The van der Waals surface area contributed by atoms with Crippen molar-refractivity contribution >= 4 is 17.6 Å². The largest absolute Gasteiger partial charge is 0.490 e. The maximum atomic E-state index is 10.9. The van der Waals surface area contributed by atoms with E-state index in [1.807, 2.05) is 50.2 Å². The molecule has 0 unspecified atom stereocenters. The highest BCUT2D eigenvalue weighted by Crippen LogP contribution is 2.34. The van der Waals surface area contributed by atoms with Crippen molar-refractivity contribution < 1.29 is 23.8 Å². The van der Waals surface area contributed by atoms with Crippen LogP contribution in [0.3, 0.4) is 0 Å². The van der Waals surface area contributed by atoms with E-state index in [2.05, 4.69) is 4.98 Å². The molecule has 1 aliphatic rings. The van der Waals surface area contributed by atoms with E-state index in [4.69, 9.17) is 30.6 Å². The summed E-state index contributed by atoms with van der Waals surface area (Å²) in [4.78, 5) is 15.4. The predicted octanol–water partition coefficient (Wildman–Crippen LogP) is 5.69. The summed E-state index contributed by atoms with van der Waals surface area (Å²) < 4.78 is 17.1. The second-order valence-electron chi connectivity index (χ2n) is 7.62. The van der Waals surface area contributed by atoms with Gasteiger partial charge >= 0.3 is 5.97 Å². The fourth-order valence-corrected chi connectivity index (χ4v) is 3.51. The Labute approximate surface area is 179 Å². The molecule has 4 rings (SSSR count). The first-order valence-electron chi connectivity index (χ1n) is 9.81. The Morgan fingerprint density at radius 3 is 2.50 bits per heavy atom. The molecule has 0 spiro atoms. The van der Waals surface area contributed by atoms with Crippen LogP contribution in [0.2, 0.25) is 5.02 Å². The highest BCUT2D eigenvalue weighted by Gasteiger charge is 2.36. The van der Waals surface area contributed by atoms with Crippen LogP contribution in [-0.4, -0.2) is 28.3 Å². The number of halogens is 1. The molecule has 1 fully saturated rings. The first kappa shape index (κ1) is 20.3. The summed E-state index contributed by atoms with van der Waals surface area (Å²) in [7, 11) is 0. The average molecular weight is 428 g/mol. The number of nitrogens with zero attached hydrogens (tertiary/aromatic N) is 1. The molecule has 3 aromatic rings. The number of hydrogen-bond acceptors (Lipinski definition) is 5. The van der Waals surface area contributed by atoms with Crippen LogP contribution in [0.25, 0.3) is 22.7 Å². The summed E-state index contributed by atoms with van der Waals surface area (Å²) >= 11 is 6.32. The van der Waals surface area contributed by atoms with Crippen molar-refractivity contribution in [2.24, 2.45) is 5.92 Å². The number of hydrogen-bond donors (Lipinski definition) is 1. The van der Waals surface area contributed by atoms with E-state index in [0.717, 1.165) is 11.1 Å². The number of carboxylic acid groups (broad SMARTS) is 1. The zero-order chi connectivity index (χ0) is 21.3. The molecule has 1 aliphatic carbocycles. The topological polar surface area (TPSA) is 81.8 Å². The highest BCUT2D eigenvalue weighted by molar-refractivity contribution is 6.32. The third-order valence-electron chi connectivity index (χ3n) is 4.94. The Kier molecular flexibility index (Phi) is 5.68. The zero-order valence-corrected chi connectivity index (χ0v) is 17.4. The fraction of sp³-hybridized carbons (Fsp3) is 0.304. The normalized spacial score (nSPS) is 18.1. The van der Waals surface area contributed by atoms with Crippen molar-refractivity contribution in [3.63, 3.8) is 0 Å². The predicted molar refractivity (Wildman–Crippen MR) is 113 cm³/mol. The molecule has 1 saturated carbocycles. The van der Waals surface area contributed by atoms with Gasteiger partial charge in [-0.05, 0) is 69.2 Å². The fourth-order valence-electron chi connectivity index (χ4n) is 3.28. The van der Waals surface area contributed by atoms with Crippen LogP contribution in [0.4, 0.5) is 0 Å². The lowest BCUT2D eigenvalue weighted by atomic mass is 9.82. The summed E-state index contributed by atoms with van der Waals surface area (Å²) in [6, 6.07) is 12.9. The molecule has 0 amide bonds. The molecule has 1 N–H and O–H groups in total. The second kappa shape index (κ2) is 8.40. The van der Waals surface area contributed by atoms with Gasteiger partial charge in [-0.2, -0.15) is 0 Å². The molecule has 1 heterocycles. The number of benzene rings is 2. The Hall–Kier alpha value is -2.99. The lowest BCUT2D eigenvalue weighted by Crippen LogP contribution is -2.38. The van der Waals surface area contributed by atoms with Gasteiger partial charge < -0.3 is 19.0 Å². The molecule has 6 nitrogen and oxygen atoms in total. The van der Waals surface area contributed by atoms with Gasteiger partial charge in [-0.25, -0.2) is 4.98 Å². The molecule has 30 heavy (non-hydrogen) atoms. The van der Waals surface area contributed by atoms with Crippen LogP contribution in [0.5, 0.6) is 11.5 Å². The van der Waals surface area contributed by atoms with E-state index in [1.165, 1.54) is 0 Å². The van der Waals surface area contributed by atoms with Crippen molar-refractivity contribution in [1.29, 1.82) is 0 Å². The Balaban J connectivity index is 1.43. The minimum absolute atomic E-state index is 0.0434. The third kappa shape index (κ3) is 4.44. The summed E-state index contributed by atoms with van der Waals surface area (Å²) in [5.41, 5.74) is 2.33. The summed E-state index contributed by atoms with van der Waals surface area (Å²) in [6.07, 6.45) is 2.68. The number of rotatable bonds is 7. The third-order valence-corrected chi connectivity index (χ3v) is 5.24. The molecular weight excluding hydrogens is 406 g/mol. The van der Waals surface area contributed by atoms with E-state index in [-0.39, 0.29) is 18.1 Å². The van der Waals surface area contributed by atoms with Gasteiger partial charge in [0.25, 0.3) is 0 Å². The lowest BCUT2D eigenvalue weighted by Gasteiger charge is -2.32. The van der Waals surface area contributed by atoms with Gasteiger partial charge in [0.15, 0.2) is 0 Å². The molecule has 1 aromatic heterocycles. The van der Waals surface area contributed by atoms with Gasteiger partial charge in [0.2, 0.25) is 5.89 Å². The van der Waals surface area contributed by atoms with Gasteiger partial charge in [0.1, 0.15) is 29.6 Å². The van der Waals surface area contributed by atoms with Gasteiger partial charge in [-0.1, -0.05) is 11.6 Å². The minimum atomic E-state index is -0.756. The lowest BCUT2D eigenvalue weighted by molar-refractivity contribution is -0.147. The van der Waals surface area contributed by atoms with Crippen LogP contribution in [-0.2, 0) is 4.79 Å². The molecular formula is C23H22ClNO5. The molecule has 0 atom stereocenters. The van der Waals surface area contributed by atoms with Crippen molar-refractivity contribution in [2.75, 3.05) is 0 Å². The van der Waals surface area contributed by atoms with Gasteiger partial charge in [-0.15, -0.1) is 0 Å². The molecule has 0 bridgehead atoms. The van der Waals surface area contributed by atoms with E-state index in [0.29, 0.717) is 40.9 Å². The van der Waals surface area contributed by atoms with Crippen molar-refractivity contribution in [3.05, 3.63) is 53.8 Å². The molecule has 156 valence electrons. The summed E-state index contributed by atoms with van der Waals surface area (Å²) in [6.45, 7) is 3.90. The molecule has 0 saturated heterocycles. The quantitative estimate of drug-likeness (QED) is 0.521. The number of carboxylic acids is 1. The molecule has 0 radical (unpaired) electrons. The maximum Gasteiger partial charge on any atom is 0.306 e. The van der Waals surface area contributed by atoms with Crippen LogP contribution in [0, 0.1) is 5.92 Å². The highest BCUT2D eigenvalue weighted by atomic mass is 35.5. The summed E-state index contributed by atoms with van der Waals surface area (Å²) in [5, 5.41) is 9.46. The number of aromatic nitrogens is 1. The van der Waals surface area contributed by atoms with Crippen LogP contribution in [0.15, 0.2) is 53.1 Å². The van der Waals surface area contributed by atoms with Crippen LogP contribution < -0.4 is 9.47 Å². The molecule has 7 heteroatoms. The Morgan fingerprint density at radius 1 is 1.17 bits per heavy atom. The molecule has 0 aliphatic heterocycles. The van der Waals surface area contributed by atoms with Crippen molar-refractivity contribution in [3.8, 4) is 34.2 Å². The maximum absolute atomic E-state index is 10.9. The SMILES string of the molecule is CC(C)Oc1ccc(-c2coc(-c3ccc(OC4CC(C(=O)O)C4)cc3)n2)cc1Cl.